The van der Waals surface area contributed by atoms with Crippen molar-refractivity contribution in [2.24, 2.45) is 0 Å². The molecule has 0 saturated carbocycles. The Kier molecular flexibility index (Phi) is 5.46. The van der Waals surface area contributed by atoms with Gasteiger partial charge in [0, 0.05) is 11.4 Å². The van der Waals surface area contributed by atoms with Crippen molar-refractivity contribution in [2.75, 3.05) is 13.2 Å². The number of carbonyl (C=O) groups is 1. The molecule has 0 aliphatic rings. The lowest BCUT2D eigenvalue weighted by molar-refractivity contribution is 0.0692. The number of carboxylic acids is 1. The summed E-state index contributed by atoms with van der Waals surface area (Å²) in [7, 11) is 0. The zero-order valence-corrected chi connectivity index (χ0v) is 12.0. The molecule has 0 atom stereocenters. The third-order valence-corrected chi connectivity index (χ3v) is 2.97. The van der Waals surface area contributed by atoms with Crippen LogP contribution in [0.5, 0.6) is 11.5 Å². The van der Waals surface area contributed by atoms with Gasteiger partial charge in [-0.1, -0.05) is 29.8 Å². The number of benzene rings is 2. The van der Waals surface area contributed by atoms with Gasteiger partial charge >= 0.3 is 5.97 Å². The van der Waals surface area contributed by atoms with E-state index in [1.54, 1.807) is 12.1 Å². The standard InChI is InChI=1S/C16H15ClO4/c17-12-7-8-15(14(11-12)16(18)19)21-10-4-9-20-13-5-2-1-3-6-13/h1-3,5-8,11H,4,9-10H2,(H,18,19). The summed E-state index contributed by atoms with van der Waals surface area (Å²) in [6, 6.07) is 14.0. The summed E-state index contributed by atoms with van der Waals surface area (Å²) in [5.41, 5.74) is 0.0616. The number of halogens is 1. The number of carboxylic acid groups (broad SMARTS) is 1. The third kappa shape index (κ3) is 4.68. The van der Waals surface area contributed by atoms with Crippen LogP contribution in [-0.2, 0) is 0 Å². The average molecular weight is 307 g/mol. The van der Waals surface area contributed by atoms with Gasteiger partial charge in [-0.2, -0.15) is 0 Å². The van der Waals surface area contributed by atoms with Gasteiger partial charge in [0.05, 0.1) is 13.2 Å². The summed E-state index contributed by atoms with van der Waals surface area (Å²) in [5.74, 6) is 0.0508. The molecule has 21 heavy (non-hydrogen) atoms. The molecule has 4 nitrogen and oxygen atoms in total. The monoisotopic (exact) mass is 306 g/mol. The van der Waals surface area contributed by atoms with Crippen molar-refractivity contribution >= 4 is 17.6 Å². The molecule has 0 saturated heterocycles. The molecule has 0 unspecified atom stereocenters. The molecule has 5 heteroatoms. The summed E-state index contributed by atoms with van der Waals surface area (Å²) in [6.45, 7) is 0.870. The molecule has 0 fully saturated rings. The van der Waals surface area contributed by atoms with Crippen LogP contribution in [0.1, 0.15) is 16.8 Å². The van der Waals surface area contributed by atoms with Crippen LogP contribution in [-0.4, -0.2) is 24.3 Å². The van der Waals surface area contributed by atoms with Crippen molar-refractivity contribution in [3.63, 3.8) is 0 Å². The molecule has 0 heterocycles. The van der Waals surface area contributed by atoms with Crippen LogP contribution in [0.15, 0.2) is 48.5 Å². The van der Waals surface area contributed by atoms with Crippen molar-refractivity contribution in [1.29, 1.82) is 0 Å². The number of para-hydroxylation sites is 1. The minimum atomic E-state index is -1.06. The Bertz CT molecular complexity index is 598. The molecular weight excluding hydrogens is 292 g/mol. The predicted octanol–water partition coefficient (Wildman–Crippen LogP) is 3.89. The van der Waals surface area contributed by atoms with E-state index in [4.69, 9.17) is 26.2 Å². The van der Waals surface area contributed by atoms with Crippen LogP contribution in [0, 0.1) is 0 Å². The van der Waals surface area contributed by atoms with Gasteiger partial charge in [0.1, 0.15) is 17.1 Å². The van der Waals surface area contributed by atoms with E-state index in [0.29, 0.717) is 30.4 Å². The fraction of sp³-hybridized carbons (Fsp3) is 0.188. The number of hydrogen-bond donors (Lipinski definition) is 1. The quantitative estimate of drug-likeness (QED) is 0.789. The molecule has 2 rings (SSSR count). The lowest BCUT2D eigenvalue weighted by Crippen LogP contribution is -2.08. The average Bonchev–Trinajstić information content (AvgIpc) is 2.49. The van der Waals surface area contributed by atoms with Crippen molar-refractivity contribution in [1.82, 2.24) is 0 Å². The Balaban J connectivity index is 1.80. The summed E-state index contributed by atoms with van der Waals surface area (Å²) >= 11 is 5.77. The fourth-order valence-corrected chi connectivity index (χ4v) is 1.92. The van der Waals surface area contributed by atoms with E-state index in [1.165, 1.54) is 6.07 Å². The van der Waals surface area contributed by atoms with Crippen LogP contribution in [0.3, 0.4) is 0 Å². The van der Waals surface area contributed by atoms with Crippen LogP contribution in [0.2, 0.25) is 5.02 Å². The van der Waals surface area contributed by atoms with Crippen LogP contribution in [0.25, 0.3) is 0 Å². The van der Waals surface area contributed by atoms with E-state index < -0.39 is 5.97 Å². The normalized spacial score (nSPS) is 10.1. The van der Waals surface area contributed by atoms with Crippen molar-refractivity contribution < 1.29 is 19.4 Å². The molecular formula is C16H15ClO4. The first-order chi connectivity index (χ1) is 10.2. The maximum absolute atomic E-state index is 11.1. The maximum atomic E-state index is 11.1. The van der Waals surface area contributed by atoms with Crippen molar-refractivity contribution in [3.05, 3.63) is 59.1 Å². The van der Waals surface area contributed by atoms with Gasteiger partial charge < -0.3 is 14.6 Å². The van der Waals surface area contributed by atoms with Gasteiger partial charge in [-0.25, -0.2) is 4.79 Å². The topological polar surface area (TPSA) is 55.8 Å². The number of rotatable bonds is 7. The molecule has 2 aromatic rings. The van der Waals surface area contributed by atoms with Crippen molar-refractivity contribution in [2.45, 2.75) is 6.42 Å². The van der Waals surface area contributed by atoms with Crippen LogP contribution >= 0.6 is 11.6 Å². The van der Waals surface area contributed by atoms with Crippen LogP contribution in [0.4, 0.5) is 0 Å². The van der Waals surface area contributed by atoms with Gasteiger partial charge in [-0.15, -0.1) is 0 Å². The Morgan fingerprint density at radius 2 is 1.76 bits per heavy atom. The second-order valence-electron chi connectivity index (χ2n) is 4.31. The minimum absolute atomic E-state index is 0.0616. The molecule has 110 valence electrons. The number of ether oxygens (including phenoxy) is 2. The van der Waals surface area contributed by atoms with E-state index in [9.17, 15) is 4.79 Å². The molecule has 0 amide bonds. The summed E-state index contributed by atoms with van der Waals surface area (Å²) in [4.78, 5) is 11.1. The highest BCUT2D eigenvalue weighted by Crippen LogP contribution is 2.23. The second-order valence-corrected chi connectivity index (χ2v) is 4.75. The van der Waals surface area contributed by atoms with E-state index in [0.717, 1.165) is 5.75 Å². The summed E-state index contributed by atoms with van der Waals surface area (Å²) in [5, 5.41) is 9.45. The Labute approximate surface area is 127 Å². The Morgan fingerprint density at radius 1 is 1.05 bits per heavy atom. The van der Waals surface area contributed by atoms with E-state index in [1.807, 2.05) is 30.3 Å². The smallest absolute Gasteiger partial charge is 0.339 e. The molecule has 0 spiro atoms. The molecule has 0 aliphatic heterocycles. The van der Waals surface area contributed by atoms with Gasteiger partial charge in [-0.3, -0.25) is 0 Å². The number of hydrogen-bond acceptors (Lipinski definition) is 3. The van der Waals surface area contributed by atoms with Gasteiger partial charge in [-0.05, 0) is 30.3 Å². The lowest BCUT2D eigenvalue weighted by Gasteiger charge is -2.10. The van der Waals surface area contributed by atoms with Crippen LogP contribution < -0.4 is 9.47 Å². The molecule has 0 bridgehead atoms. The molecule has 0 radical (unpaired) electrons. The largest absolute Gasteiger partial charge is 0.493 e. The fourth-order valence-electron chi connectivity index (χ4n) is 1.74. The zero-order valence-electron chi connectivity index (χ0n) is 11.3. The van der Waals surface area contributed by atoms with E-state index >= 15 is 0 Å². The zero-order chi connectivity index (χ0) is 15.1. The van der Waals surface area contributed by atoms with Gasteiger partial charge in [0.2, 0.25) is 0 Å². The predicted molar refractivity (Wildman–Crippen MR) is 80.5 cm³/mol. The number of aromatic carboxylic acids is 1. The molecule has 0 aromatic heterocycles. The highest BCUT2D eigenvalue weighted by atomic mass is 35.5. The Hall–Kier alpha value is -2.20. The van der Waals surface area contributed by atoms with E-state index in [2.05, 4.69) is 0 Å². The molecule has 0 aliphatic carbocycles. The third-order valence-electron chi connectivity index (χ3n) is 2.73. The van der Waals surface area contributed by atoms with Crippen molar-refractivity contribution in [3.8, 4) is 11.5 Å². The summed E-state index contributed by atoms with van der Waals surface area (Å²) < 4.78 is 11.0. The van der Waals surface area contributed by atoms with Gasteiger partial charge in [0.15, 0.2) is 0 Å². The summed E-state index contributed by atoms with van der Waals surface area (Å²) in [6.07, 6.45) is 0.649. The minimum Gasteiger partial charge on any atom is -0.493 e. The highest BCUT2D eigenvalue weighted by molar-refractivity contribution is 6.31. The van der Waals surface area contributed by atoms with E-state index in [-0.39, 0.29) is 5.56 Å². The first kappa shape index (κ1) is 15.2. The molecule has 2 aromatic carbocycles. The second kappa shape index (κ2) is 7.55. The maximum Gasteiger partial charge on any atom is 0.339 e. The lowest BCUT2D eigenvalue weighted by atomic mass is 10.2. The molecule has 1 N–H and O–H groups in total. The van der Waals surface area contributed by atoms with Gasteiger partial charge in [0.25, 0.3) is 0 Å². The SMILES string of the molecule is O=C(O)c1cc(Cl)ccc1OCCCOc1ccccc1. The Morgan fingerprint density at radius 3 is 2.48 bits per heavy atom. The first-order valence-electron chi connectivity index (χ1n) is 6.50. The highest BCUT2D eigenvalue weighted by Gasteiger charge is 2.11. The first-order valence-corrected chi connectivity index (χ1v) is 6.88.